The minimum Gasteiger partial charge on any atom is -0.423 e. The van der Waals surface area contributed by atoms with Crippen LogP contribution in [-0.2, 0) is 0 Å². The molecule has 0 radical (unpaired) electrons. The lowest BCUT2D eigenvalue weighted by Crippen LogP contribution is -2.48. The van der Waals surface area contributed by atoms with E-state index in [0.29, 0.717) is 10.9 Å². The van der Waals surface area contributed by atoms with Crippen molar-refractivity contribution in [3.05, 3.63) is 45.8 Å². The van der Waals surface area contributed by atoms with Crippen LogP contribution in [0.1, 0.15) is 15.9 Å². The van der Waals surface area contributed by atoms with Gasteiger partial charge in [0, 0.05) is 16.5 Å². The number of hydrogen-bond donors (Lipinski definition) is 5. The van der Waals surface area contributed by atoms with Gasteiger partial charge in [0.25, 0.3) is 0 Å². The third-order valence-electron chi connectivity index (χ3n) is 3.72. The van der Waals surface area contributed by atoms with Crippen molar-refractivity contribution in [2.75, 3.05) is 6.61 Å². The van der Waals surface area contributed by atoms with Crippen molar-refractivity contribution in [2.45, 2.75) is 31.3 Å². The SMILES string of the molecule is Cc1cc2ccc(C(=O)[C@H](O)[C@@H](O)[C@@H](O)[C@H](O)CO)cc2oc1=O. The molecule has 0 amide bonds. The fraction of sp³-hybridized carbons (Fsp3) is 0.375. The van der Waals surface area contributed by atoms with E-state index in [-0.39, 0.29) is 11.1 Å². The summed E-state index contributed by atoms with van der Waals surface area (Å²) in [7, 11) is 0. The molecule has 0 aliphatic rings. The zero-order valence-corrected chi connectivity index (χ0v) is 12.8. The van der Waals surface area contributed by atoms with Gasteiger partial charge in [0.1, 0.15) is 30.0 Å². The van der Waals surface area contributed by atoms with Gasteiger partial charge in [0.2, 0.25) is 0 Å². The van der Waals surface area contributed by atoms with Crippen LogP contribution in [0.25, 0.3) is 11.0 Å². The third kappa shape index (κ3) is 3.53. The first-order valence-electron chi connectivity index (χ1n) is 7.18. The number of aliphatic hydroxyl groups excluding tert-OH is 5. The fourth-order valence-electron chi connectivity index (χ4n) is 2.22. The van der Waals surface area contributed by atoms with Gasteiger partial charge >= 0.3 is 5.63 Å². The highest BCUT2D eigenvalue weighted by atomic mass is 16.4. The molecule has 0 saturated heterocycles. The molecule has 0 aliphatic carbocycles. The molecule has 8 nitrogen and oxygen atoms in total. The number of hydrogen-bond acceptors (Lipinski definition) is 8. The number of ketones is 1. The van der Waals surface area contributed by atoms with E-state index < -0.39 is 42.4 Å². The molecule has 4 atom stereocenters. The van der Waals surface area contributed by atoms with E-state index in [9.17, 15) is 30.0 Å². The van der Waals surface area contributed by atoms with Gasteiger partial charge in [0.15, 0.2) is 5.78 Å². The monoisotopic (exact) mass is 338 g/mol. The van der Waals surface area contributed by atoms with E-state index in [1.807, 2.05) is 0 Å². The maximum absolute atomic E-state index is 12.2. The third-order valence-corrected chi connectivity index (χ3v) is 3.72. The highest BCUT2D eigenvalue weighted by Gasteiger charge is 2.34. The van der Waals surface area contributed by atoms with Gasteiger partial charge in [-0.1, -0.05) is 12.1 Å². The Morgan fingerprint density at radius 3 is 2.42 bits per heavy atom. The van der Waals surface area contributed by atoms with Gasteiger partial charge in [-0.15, -0.1) is 0 Å². The standard InChI is InChI=1S/C16H18O8/c1-7-4-8-2-3-9(5-11(8)24-16(7)23)12(19)14(21)15(22)13(20)10(18)6-17/h2-5,10,13-15,17-18,20-22H,6H2,1H3/t10-,13+,14+,15+/m1/s1. The summed E-state index contributed by atoms with van der Waals surface area (Å²) in [6.07, 6.45) is -7.65. The van der Waals surface area contributed by atoms with Gasteiger partial charge in [-0.3, -0.25) is 4.79 Å². The highest BCUT2D eigenvalue weighted by molar-refractivity contribution is 6.02. The number of rotatable bonds is 6. The van der Waals surface area contributed by atoms with Gasteiger partial charge in [0.05, 0.1) is 6.61 Å². The van der Waals surface area contributed by atoms with Crippen molar-refractivity contribution in [1.29, 1.82) is 0 Å². The molecule has 0 aliphatic heterocycles. The van der Waals surface area contributed by atoms with Gasteiger partial charge < -0.3 is 29.9 Å². The van der Waals surface area contributed by atoms with Gasteiger partial charge in [-0.05, 0) is 19.1 Å². The van der Waals surface area contributed by atoms with Crippen molar-refractivity contribution in [3.8, 4) is 0 Å². The molecule has 24 heavy (non-hydrogen) atoms. The molecule has 5 N–H and O–H groups in total. The lowest BCUT2D eigenvalue weighted by molar-refractivity contribution is -0.105. The summed E-state index contributed by atoms with van der Waals surface area (Å²) in [6.45, 7) is 0.734. The van der Waals surface area contributed by atoms with Crippen LogP contribution in [0.4, 0.5) is 0 Å². The van der Waals surface area contributed by atoms with E-state index in [2.05, 4.69) is 0 Å². The van der Waals surface area contributed by atoms with Gasteiger partial charge in [-0.2, -0.15) is 0 Å². The Labute approximate surface area is 136 Å². The molecule has 2 rings (SSSR count). The van der Waals surface area contributed by atoms with Crippen LogP contribution in [0.3, 0.4) is 0 Å². The Kier molecular flexibility index (Phi) is 5.47. The van der Waals surface area contributed by atoms with E-state index >= 15 is 0 Å². The Balaban J connectivity index is 2.30. The van der Waals surface area contributed by atoms with Crippen LogP contribution < -0.4 is 5.63 Å². The second-order valence-corrected chi connectivity index (χ2v) is 5.51. The molecule has 0 spiro atoms. The molecule has 0 fully saturated rings. The second kappa shape index (κ2) is 7.20. The number of benzene rings is 1. The molecular weight excluding hydrogens is 320 g/mol. The predicted octanol–water partition coefficient (Wildman–Crippen LogP) is -1.28. The van der Waals surface area contributed by atoms with Crippen LogP contribution >= 0.6 is 0 Å². The Bertz CT molecular complexity index is 796. The highest BCUT2D eigenvalue weighted by Crippen LogP contribution is 2.18. The van der Waals surface area contributed by atoms with Crippen molar-refractivity contribution in [3.63, 3.8) is 0 Å². The lowest BCUT2D eigenvalue weighted by atomic mass is 9.96. The summed E-state index contributed by atoms with van der Waals surface area (Å²) in [5.74, 6) is -0.934. The topological polar surface area (TPSA) is 148 Å². The van der Waals surface area contributed by atoms with Crippen molar-refractivity contribution >= 4 is 16.8 Å². The molecule has 1 aromatic heterocycles. The average Bonchev–Trinajstić information content (AvgIpc) is 2.59. The summed E-state index contributed by atoms with van der Waals surface area (Å²) in [4.78, 5) is 23.7. The van der Waals surface area contributed by atoms with E-state index in [1.54, 1.807) is 13.0 Å². The molecular formula is C16H18O8. The lowest BCUT2D eigenvalue weighted by Gasteiger charge is -2.24. The number of carbonyl (C=O) groups excluding carboxylic acids is 1. The summed E-state index contributed by atoms with van der Waals surface area (Å²) >= 11 is 0. The first kappa shape index (κ1) is 18.2. The van der Waals surface area contributed by atoms with E-state index in [1.165, 1.54) is 18.2 Å². The van der Waals surface area contributed by atoms with Crippen LogP contribution in [0.15, 0.2) is 33.5 Å². The Morgan fingerprint density at radius 1 is 1.12 bits per heavy atom. The number of fused-ring (bicyclic) bond motifs is 1. The summed E-state index contributed by atoms with van der Waals surface area (Å²) in [5, 5.41) is 47.8. The average molecular weight is 338 g/mol. The first-order chi connectivity index (χ1) is 11.3. The minimum atomic E-state index is -2.03. The first-order valence-corrected chi connectivity index (χ1v) is 7.18. The van der Waals surface area contributed by atoms with Crippen molar-refractivity contribution in [1.82, 2.24) is 0 Å². The number of carbonyl (C=O) groups is 1. The maximum atomic E-state index is 12.2. The van der Waals surface area contributed by atoms with Crippen LogP contribution in [0.2, 0.25) is 0 Å². The van der Waals surface area contributed by atoms with E-state index in [0.717, 1.165) is 0 Å². The number of aliphatic hydroxyl groups is 5. The molecule has 1 aromatic carbocycles. The molecule has 130 valence electrons. The van der Waals surface area contributed by atoms with Crippen LogP contribution in [-0.4, -0.2) is 62.3 Å². The molecule has 0 bridgehead atoms. The van der Waals surface area contributed by atoms with Crippen molar-refractivity contribution < 1.29 is 34.7 Å². The van der Waals surface area contributed by atoms with Crippen LogP contribution in [0, 0.1) is 6.92 Å². The zero-order chi connectivity index (χ0) is 18.0. The Morgan fingerprint density at radius 2 is 1.79 bits per heavy atom. The van der Waals surface area contributed by atoms with E-state index in [4.69, 9.17) is 9.52 Å². The largest absolute Gasteiger partial charge is 0.423 e. The molecule has 0 unspecified atom stereocenters. The normalized spacial score (nSPS) is 16.6. The summed E-state index contributed by atoms with van der Waals surface area (Å²) in [6, 6.07) is 5.71. The Hall–Kier alpha value is -2.10. The second-order valence-electron chi connectivity index (χ2n) is 5.51. The van der Waals surface area contributed by atoms with Crippen LogP contribution in [0.5, 0.6) is 0 Å². The van der Waals surface area contributed by atoms with Crippen molar-refractivity contribution in [2.24, 2.45) is 0 Å². The maximum Gasteiger partial charge on any atom is 0.339 e. The molecule has 1 heterocycles. The minimum absolute atomic E-state index is 0.0493. The quantitative estimate of drug-likeness (QED) is 0.323. The number of Topliss-reactive ketones (excluding diaryl/α,β-unsaturated/α-hetero) is 1. The zero-order valence-electron chi connectivity index (χ0n) is 12.8. The predicted molar refractivity (Wildman–Crippen MR) is 82.7 cm³/mol. The molecule has 2 aromatic rings. The summed E-state index contributed by atoms with van der Waals surface area (Å²) in [5.41, 5.74) is -0.0758. The fourth-order valence-corrected chi connectivity index (χ4v) is 2.22. The smallest absolute Gasteiger partial charge is 0.339 e. The number of aryl methyl sites for hydroxylation is 1. The summed E-state index contributed by atoms with van der Waals surface area (Å²) < 4.78 is 5.05. The van der Waals surface area contributed by atoms with Gasteiger partial charge in [-0.25, -0.2) is 4.79 Å². The molecule has 0 saturated carbocycles. The molecule has 8 heteroatoms.